The molecular weight excluding hydrogens is 282 g/mol. The lowest BCUT2D eigenvalue weighted by atomic mass is 10.7. The fourth-order valence-electron chi connectivity index (χ4n) is 1.55. The van der Waals surface area contributed by atoms with Crippen LogP contribution in [0.1, 0.15) is 20.8 Å². The van der Waals surface area contributed by atoms with Crippen LogP contribution >= 0.6 is 30.9 Å². The molecule has 0 N–H and O–H groups in total. The first-order valence-electron chi connectivity index (χ1n) is 5.70. The lowest BCUT2D eigenvalue weighted by molar-refractivity contribution is 0.251. The first-order chi connectivity index (χ1) is 8.10. The Morgan fingerprint density at radius 2 is 1.47 bits per heavy atom. The standard InChI is InChI=1S/C9H22ClN2O2P.CH3Cl/c1-5-11(6-2)15(13,14-4)12(7-3)9-8-10;1-2/h5-9H2,1-4H3;1H3. The Labute approximate surface area is 116 Å². The third-order valence-corrected chi connectivity index (χ3v) is 5.51. The van der Waals surface area contributed by atoms with E-state index in [1.165, 1.54) is 13.5 Å². The largest absolute Gasteiger partial charge is 0.345 e. The minimum absolute atomic E-state index is 0.461. The molecule has 0 radical (unpaired) electrons. The molecule has 0 aliphatic heterocycles. The predicted molar refractivity (Wildman–Crippen MR) is 77.3 cm³/mol. The van der Waals surface area contributed by atoms with Crippen LogP contribution in [0.4, 0.5) is 0 Å². The van der Waals surface area contributed by atoms with E-state index in [9.17, 15) is 4.57 Å². The molecule has 0 fully saturated rings. The lowest BCUT2D eigenvalue weighted by Gasteiger charge is -2.35. The van der Waals surface area contributed by atoms with E-state index in [0.29, 0.717) is 32.1 Å². The first-order valence-corrected chi connectivity index (χ1v) is 8.53. The molecule has 0 saturated carbocycles. The van der Waals surface area contributed by atoms with Crippen molar-refractivity contribution in [2.75, 3.05) is 45.6 Å². The van der Waals surface area contributed by atoms with E-state index >= 15 is 0 Å². The van der Waals surface area contributed by atoms with Crippen LogP contribution in [0.5, 0.6) is 0 Å². The van der Waals surface area contributed by atoms with Gasteiger partial charge in [-0.2, -0.15) is 0 Å². The summed E-state index contributed by atoms with van der Waals surface area (Å²) in [7, 11) is -1.36. The van der Waals surface area contributed by atoms with Gasteiger partial charge in [0, 0.05) is 45.6 Å². The number of alkyl halides is 2. The number of rotatable bonds is 8. The summed E-state index contributed by atoms with van der Waals surface area (Å²) < 4.78 is 21.5. The normalized spacial score (nSPS) is 14.4. The second kappa shape index (κ2) is 11.8. The minimum Gasteiger partial charge on any atom is -0.309 e. The van der Waals surface area contributed by atoms with Gasteiger partial charge in [-0.1, -0.05) is 20.8 Å². The molecule has 0 aliphatic carbocycles. The maximum atomic E-state index is 12.6. The van der Waals surface area contributed by atoms with E-state index in [-0.39, 0.29) is 0 Å². The highest BCUT2D eigenvalue weighted by Gasteiger charge is 2.34. The Hall–Kier alpha value is 0.690. The zero-order valence-electron chi connectivity index (χ0n) is 11.4. The second-order valence-corrected chi connectivity index (χ2v) is 5.90. The second-order valence-electron chi connectivity index (χ2n) is 3.05. The highest BCUT2D eigenvalue weighted by molar-refractivity contribution is 7.53. The van der Waals surface area contributed by atoms with Crippen LogP contribution in [0.25, 0.3) is 0 Å². The third-order valence-electron chi connectivity index (χ3n) is 2.39. The Balaban J connectivity index is 0. The molecule has 0 aromatic carbocycles. The lowest BCUT2D eigenvalue weighted by Crippen LogP contribution is -2.33. The smallest absolute Gasteiger partial charge is 0.309 e. The summed E-state index contributed by atoms with van der Waals surface area (Å²) in [5.74, 6) is 0.461. The van der Waals surface area contributed by atoms with Gasteiger partial charge in [-0.25, -0.2) is 9.34 Å². The number of hydrogen-bond donors (Lipinski definition) is 0. The molecule has 0 saturated heterocycles. The molecule has 0 rings (SSSR count). The van der Waals surface area contributed by atoms with E-state index in [1.807, 2.05) is 30.1 Å². The van der Waals surface area contributed by atoms with Gasteiger partial charge in [-0.3, -0.25) is 4.57 Å². The van der Waals surface area contributed by atoms with Crippen LogP contribution in [0.2, 0.25) is 0 Å². The van der Waals surface area contributed by atoms with Crippen molar-refractivity contribution < 1.29 is 9.09 Å². The van der Waals surface area contributed by atoms with E-state index in [1.54, 1.807) is 0 Å². The topological polar surface area (TPSA) is 32.8 Å². The number of nitrogens with zero attached hydrogens (tertiary/aromatic N) is 2. The van der Waals surface area contributed by atoms with Crippen LogP contribution in [0, 0.1) is 0 Å². The molecule has 106 valence electrons. The summed E-state index contributed by atoms with van der Waals surface area (Å²) in [6, 6.07) is 0. The summed E-state index contributed by atoms with van der Waals surface area (Å²) in [5, 5.41) is 0. The van der Waals surface area contributed by atoms with Crippen molar-refractivity contribution in [3.8, 4) is 0 Å². The molecule has 0 heterocycles. The molecule has 0 aromatic rings. The van der Waals surface area contributed by atoms with Crippen LogP contribution in [0.15, 0.2) is 0 Å². The average molecular weight is 307 g/mol. The molecule has 0 aliphatic rings. The monoisotopic (exact) mass is 306 g/mol. The molecule has 17 heavy (non-hydrogen) atoms. The quantitative estimate of drug-likeness (QED) is 0.507. The fourth-order valence-corrected chi connectivity index (χ4v) is 4.12. The molecule has 1 atom stereocenters. The Morgan fingerprint density at radius 1 is 1.06 bits per heavy atom. The number of hydrogen-bond acceptors (Lipinski definition) is 2. The van der Waals surface area contributed by atoms with Crippen LogP contribution in [0.3, 0.4) is 0 Å². The van der Waals surface area contributed by atoms with E-state index in [0.717, 1.165) is 0 Å². The van der Waals surface area contributed by atoms with Crippen molar-refractivity contribution in [1.29, 1.82) is 0 Å². The predicted octanol–water partition coefficient (Wildman–Crippen LogP) is 3.50. The molecular formula is C10H25Cl2N2O2P. The molecule has 7 heteroatoms. The summed E-state index contributed by atoms with van der Waals surface area (Å²) in [6.07, 6.45) is 1.47. The van der Waals surface area contributed by atoms with E-state index in [2.05, 4.69) is 11.6 Å². The van der Waals surface area contributed by atoms with Gasteiger partial charge in [0.25, 0.3) is 0 Å². The van der Waals surface area contributed by atoms with Gasteiger partial charge in [0.1, 0.15) is 0 Å². The van der Waals surface area contributed by atoms with Gasteiger partial charge in [0.15, 0.2) is 0 Å². The van der Waals surface area contributed by atoms with Crippen molar-refractivity contribution in [1.82, 2.24) is 9.34 Å². The maximum absolute atomic E-state index is 12.6. The van der Waals surface area contributed by atoms with Crippen molar-refractivity contribution in [2.45, 2.75) is 20.8 Å². The van der Waals surface area contributed by atoms with Crippen LogP contribution in [-0.2, 0) is 9.09 Å². The van der Waals surface area contributed by atoms with Crippen molar-refractivity contribution in [3.63, 3.8) is 0 Å². The van der Waals surface area contributed by atoms with E-state index < -0.39 is 7.67 Å². The number of halogens is 2. The van der Waals surface area contributed by atoms with Crippen molar-refractivity contribution >= 4 is 30.9 Å². The molecule has 0 amide bonds. The van der Waals surface area contributed by atoms with Gasteiger partial charge in [0.2, 0.25) is 0 Å². The molecule has 0 bridgehead atoms. The average Bonchev–Trinajstić information content (AvgIpc) is 2.39. The first kappa shape index (κ1) is 20.0. The van der Waals surface area contributed by atoms with E-state index in [4.69, 9.17) is 16.1 Å². The summed E-state index contributed by atoms with van der Waals surface area (Å²) in [4.78, 5) is 0. The maximum Gasteiger partial charge on any atom is 0.345 e. The zero-order valence-corrected chi connectivity index (χ0v) is 13.9. The summed E-state index contributed by atoms with van der Waals surface area (Å²) in [5.41, 5.74) is 0. The van der Waals surface area contributed by atoms with Gasteiger partial charge in [-0.05, 0) is 0 Å². The molecule has 4 nitrogen and oxygen atoms in total. The highest BCUT2D eigenvalue weighted by Crippen LogP contribution is 2.52. The summed E-state index contributed by atoms with van der Waals surface area (Å²) in [6.45, 7) is 8.59. The van der Waals surface area contributed by atoms with Gasteiger partial charge in [0.05, 0.1) is 0 Å². The fraction of sp³-hybridized carbons (Fsp3) is 1.00. The molecule has 0 spiro atoms. The van der Waals surface area contributed by atoms with Crippen LogP contribution in [-0.4, -0.2) is 54.9 Å². The van der Waals surface area contributed by atoms with Crippen molar-refractivity contribution in [2.24, 2.45) is 0 Å². The SMILES string of the molecule is CCN(CC)P(=O)(OC)N(CC)CCCl.CCl. The molecule has 0 aromatic heterocycles. The third kappa shape index (κ3) is 5.91. The van der Waals surface area contributed by atoms with Crippen LogP contribution < -0.4 is 0 Å². The Bertz CT molecular complexity index is 216. The van der Waals surface area contributed by atoms with Gasteiger partial charge in [-0.15, -0.1) is 23.2 Å². The highest BCUT2D eigenvalue weighted by atomic mass is 35.5. The minimum atomic E-state index is -2.85. The summed E-state index contributed by atoms with van der Waals surface area (Å²) >= 11 is 10.3. The van der Waals surface area contributed by atoms with Gasteiger partial charge >= 0.3 is 7.67 Å². The zero-order chi connectivity index (χ0) is 13.9. The Morgan fingerprint density at radius 3 is 1.71 bits per heavy atom. The van der Waals surface area contributed by atoms with Crippen molar-refractivity contribution in [3.05, 3.63) is 0 Å². The Kier molecular flexibility index (Phi) is 13.8. The van der Waals surface area contributed by atoms with Gasteiger partial charge < -0.3 is 4.52 Å². The molecule has 1 unspecified atom stereocenters.